The molecule has 0 saturated carbocycles. The second-order valence-corrected chi connectivity index (χ2v) is 11.4. The summed E-state index contributed by atoms with van der Waals surface area (Å²) in [6.45, 7) is 0. The van der Waals surface area contributed by atoms with Crippen molar-refractivity contribution in [1.82, 2.24) is 0 Å². The molecule has 0 saturated heterocycles. The third-order valence-electron chi connectivity index (χ3n) is 8.57. The van der Waals surface area contributed by atoms with Gasteiger partial charge in [0.1, 0.15) is 34.9 Å². The zero-order valence-corrected chi connectivity index (χ0v) is 24.9. The molecule has 0 radical (unpaired) electrons. The predicted molar refractivity (Wildman–Crippen MR) is 179 cm³/mol. The number of anilines is 6. The van der Waals surface area contributed by atoms with Crippen LogP contribution in [0.5, 0.6) is 0 Å². The fourth-order valence-electron chi connectivity index (χ4n) is 6.48. The Kier molecular flexibility index (Phi) is 6.95. The van der Waals surface area contributed by atoms with Crippen molar-refractivity contribution in [2.24, 2.45) is 0 Å². The normalized spacial score (nSPS) is 11.5. The molecule has 0 spiro atoms. The first kappa shape index (κ1) is 29.4. The Labute approximate surface area is 270 Å². The summed E-state index contributed by atoms with van der Waals surface area (Å²) in [4.78, 5) is 3.22. The summed E-state index contributed by atoms with van der Waals surface area (Å²) in [6.07, 6.45) is 0. The Morgan fingerprint density at radius 3 is 1.02 bits per heavy atom. The van der Waals surface area contributed by atoms with Crippen LogP contribution in [-0.2, 0) is 0 Å². The lowest BCUT2D eigenvalue weighted by Gasteiger charge is -2.29. The lowest BCUT2D eigenvalue weighted by Crippen LogP contribution is -2.13. The molecule has 0 atom stereocenters. The number of halogens is 6. The SMILES string of the molecule is Fc1ccc(N(c2ccc(F)cc2F)c2ccc3ccc4c(N(c5ccc(F)cc5)c5ccc(F)cc5F)ccc5ccc2c3c54)cc1. The zero-order chi connectivity index (χ0) is 33.1. The molecule has 0 bridgehead atoms. The number of benzene rings is 8. The molecular formula is C40H22F6N2. The van der Waals surface area contributed by atoms with Gasteiger partial charge in [0.2, 0.25) is 0 Å². The molecule has 0 unspecified atom stereocenters. The van der Waals surface area contributed by atoms with Crippen molar-refractivity contribution < 1.29 is 26.3 Å². The Hall–Kier alpha value is -6.02. The number of nitrogens with zero attached hydrogens (tertiary/aromatic N) is 2. The van der Waals surface area contributed by atoms with Crippen LogP contribution < -0.4 is 9.80 Å². The van der Waals surface area contributed by atoms with Gasteiger partial charge in [-0.3, -0.25) is 0 Å². The van der Waals surface area contributed by atoms with Crippen molar-refractivity contribution in [3.63, 3.8) is 0 Å². The molecule has 0 aliphatic heterocycles. The highest BCUT2D eigenvalue weighted by molar-refractivity contribution is 6.28. The summed E-state index contributed by atoms with van der Waals surface area (Å²) in [5, 5.41) is 4.80. The molecule has 8 rings (SSSR count). The van der Waals surface area contributed by atoms with Crippen molar-refractivity contribution in [3.05, 3.63) is 168 Å². The molecule has 8 heteroatoms. The van der Waals surface area contributed by atoms with Gasteiger partial charge in [-0.2, -0.15) is 0 Å². The van der Waals surface area contributed by atoms with Crippen LogP contribution >= 0.6 is 0 Å². The van der Waals surface area contributed by atoms with Gasteiger partial charge in [0.25, 0.3) is 0 Å². The van der Waals surface area contributed by atoms with E-state index in [0.717, 1.165) is 56.6 Å². The highest BCUT2D eigenvalue weighted by atomic mass is 19.2. The van der Waals surface area contributed by atoms with Crippen LogP contribution in [-0.4, -0.2) is 0 Å². The standard InChI is InChI=1S/C40H22F6N2/c41-25-5-11-29(12-6-25)47(37-19-9-27(43)21-33(37)45)35-18-4-24-2-16-32-36(17-3-23-1-15-31(35)40(24)39(23)32)48(30-13-7-26(42)8-14-30)38-20-10-28(44)22-34(38)46/h1-22H. The minimum atomic E-state index is -0.802. The van der Waals surface area contributed by atoms with Gasteiger partial charge in [0.05, 0.1) is 22.7 Å². The van der Waals surface area contributed by atoms with E-state index in [2.05, 4.69) is 0 Å². The van der Waals surface area contributed by atoms with Crippen molar-refractivity contribution in [2.45, 2.75) is 0 Å². The molecule has 8 aromatic rings. The maximum absolute atomic E-state index is 15.5. The number of rotatable bonds is 6. The number of hydrogen-bond donors (Lipinski definition) is 0. The van der Waals surface area contributed by atoms with Crippen molar-refractivity contribution >= 4 is 66.4 Å². The van der Waals surface area contributed by atoms with Crippen molar-refractivity contribution in [2.75, 3.05) is 9.80 Å². The van der Waals surface area contributed by atoms with E-state index in [1.54, 1.807) is 9.80 Å². The maximum atomic E-state index is 15.5. The first-order valence-corrected chi connectivity index (χ1v) is 15.0. The van der Waals surface area contributed by atoms with E-state index in [0.29, 0.717) is 22.7 Å². The van der Waals surface area contributed by atoms with Gasteiger partial charge in [-0.15, -0.1) is 0 Å². The minimum Gasteiger partial charge on any atom is -0.307 e. The topological polar surface area (TPSA) is 6.48 Å². The highest BCUT2D eigenvalue weighted by Crippen LogP contribution is 2.48. The Morgan fingerprint density at radius 2 is 0.646 bits per heavy atom. The molecule has 234 valence electrons. The maximum Gasteiger partial charge on any atom is 0.150 e. The molecule has 48 heavy (non-hydrogen) atoms. The molecule has 2 nitrogen and oxygen atoms in total. The average Bonchev–Trinajstić information content (AvgIpc) is 3.08. The lowest BCUT2D eigenvalue weighted by molar-refractivity contribution is 0.583. The summed E-state index contributed by atoms with van der Waals surface area (Å²) in [5.41, 5.74) is 2.14. The van der Waals surface area contributed by atoms with Gasteiger partial charge in [0, 0.05) is 34.3 Å². The summed E-state index contributed by atoms with van der Waals surface area (Å²) in [7, 11) is 0. The van der Waals surface area contributed by atoms with E-state index in [1.807, 2.05) is 48.5 Å². The van der Waals surface area contributed by atoms with Gasteiger partial charge in [-0.25, -0.2) is 26.3 Å². The smallest absolute Gasteiger partial charge is 0.150 e. The van der Waals surface area contributed by atoms with Gasteiger partial charge >= 0.3 is 0 Å². The zero-order valence-electron chi connectivity index (χ0n) is 24.9. The summed E-state index contributed by atoms with van der Waals surface area (Å²) in [6, 6.07) is 32.8. The highest BCUT2D eigenvalue weighted by Gasteiger charge is 2.24. The molecule has 0 aromatic heterocycles. The third-order valence-corrected chi connectivity index (χ3v) is 8.57. The second kappa shape index (κ2) is 11.3. The molecule has 0 aliphatic rings. The molecule has 0 amide bonds. The van der Waals surface area contributed by atoms with Gasteiger partial charge in [-0.05, 0) is 106 Å². The van der Waals surface area contributed by atoms with E-state index in [-0.39, 0.29) is 11.4 Å². The van der Waals surface area contributed by atoms with E-state index in [9.17, 15) is 17.6 Å². The molecule has 0 aliphatic carbocycles. The van der Waals surface area contributed by atoms with Gasteiger partial charge in [-0.1, -0.05) is 36.4 Å². The van der Waals surface area contributed by atoms with Crippen molar-refractivity contribution in [1.29, 1.82) is 0 Å². The Bertz CT molecular complexity index is 2300. The van der Waals surface area contributed by atoms with E-state index in [1.165, 1.54) is 60.7 Å². The molecule has 0 fully saturated rings. The Balaban J connectivity index is 1.42. The summed E-state index contributed by atoms with van der Waals surface area (Å²) in [5.74, 6) is -4.01. The van der Waals surface area contributed by atoms with Crippen molar-refractivity contribution in [3.8, 4) is 0 Å². The lowest BCUT2D eigenvalue weighted by atomic mass is 9.91. The van der Waals surface area contributed by atoms with Crippen LogP contribution in [0.2, 0.25) is 0 Å². The van der Waals surface area contributed by atoms with Crippen LogP contribution in [0.1, 0.15) is 0 Å². The fraction of sp³-hybridized carbons (Fsp3) is 0. The van der Waals surface area contributed by atoms with E-state index in [4.69, 9.17) is 0 Å². The molecule has 0 heterocycles. The summed E-state index contributed by atoms with van der Waals surface area (Å²) < 4.78 is 87.0. The van der Waals surface area contributed by atoms with Gasteiger partial charge in [0.15, 0.2) is 0 Å². The minimum absolute atomic E-state index is 0.0630. The fourth-order valence-corrected chi connectivity index (χ4v) is 6.48. The van der Waals surface area contributed by atoms with E-state index >= 15 is 8.78 Å². The first-order chi connectivity index (χ1) is 23.3. The first-order valence-electron chi connectivity index (χ1n) is 15.0. The molecule has 0 N–H and O–H groups in total. The predicted octanol–water partition coefficient (Wildman–Crippen LogP) is 12.4. The van der Waals surface area contributed by atoms with Crippen LogP contribution in [0.25, 0.3) is 32.3 Å². The van der Waals surface area contributed by atoms with Crippen LogP contribution in [0.3, 0.4) is 0 Å². The average molecular weight is 645 g/mol. The number of hydrogen-bond acceptors (Lipinski definition) is 2. The monoisotopic (exact) mass is 644 g/mol. The van der Waals surface area contributed by atoms with Gasteiger partial charge < -0.3 is 9.80 Å². The molecular weight excluding hydrogens is 622 g/mol. The van der Waals surface area contributed by atoms with Crippen LogP contribution in [0.15, 0.2) is 133 Å². The largest absolute Gasteiger partial charge is 0.307 e. The van der Waals surface area contributed by atoms with E-state index < -0.39 is 34.9 Å². The summed E-state index contributed by atoms with van der Waals surface area (Å²) >= 11 is 0. The molecule has 8 aromatic carbocycles. The quantitative estimate of drug-likeness (QED) is 0.131. The van der Waals surface area contributed by atoms with Crippen LogP contribution in [0.4, 0.5) is 60.5 Å². The second-order valence-electron chi connectivity index (χ2n) is 11.4. The third kappa shape index (κ3) is 4.84. The Morgan fingerprint density at radius 1 is 0.312 bits per heavy atom. The van der Waals surface area contributed by atoms with Crippen LogP contribution in [0, 0.1) is 34.9 Å².